The molecule has 0 aromatic heterocycles. The molecular weight excluding hydrogens is 302 g/mol. The molecule has 2 aromatic carbocycles. The van der Waals surface area contributed by atoms with Gasteiger partial charge in [-0.05, 0) is 42.0 Å². The standard InChI is InChI=1S/C14H9BrF2O/c15-13(9-1-5-11(16)6-2-9)14(18)10-3-7-12(17)8-4-10/h1-8,13H. The Balaban J connectivity index is 2.23. The highest BCUT2D eigenvalue weighted by molar-refractivity contribution is 9.09. The van der Waals surface area contributed by atoms with Crippen LogP contribution in [0.25, 0.3) is 0 Å². The molecule has 1 atom stereocenters. The summed E-state index contributed by atoms with van der Waals surface area (Å²) in [6.45, 7) is 0. The number of rotatable bonds is 3. The lowest BCUT2D eigenvalue weighted by Gasteiger charge is -2.09. The molecule has 0 amide bonds. The van der Waals surface area contributed by atoms with Crippen LogP contribution in [0.15, 0.2) is 48.5 Å². The fraction of sp³-hybridized carbons (Fsp3) is 0.0714. The van der Waals surface area contributed by atoms with Gasteiger partial charge in [0.2, 0.25) is 0 Å². The third kappa shape index (κ3) is 2.82. The molecule has 0 fully saturated rings. The van der Waals surface area contributed by atoms with E-state index in [0.29, 0.717) is 11.1 Å². The van der Waals surface area contributed by atoms with Crippen molar-refractivity contribution < 1.29 is 13.6 Å². The minimum Gasteiger partial charge on any atom is -0.293 e. The van der Waals surface area contributed by atoms with E-state index in [1.54, 1.807) is 0 Å². The molecule has 0 heterocycles. The maximum absolute atomic E-state index is 12.8. The largest absolute Gasteiger partial charge is 0.293 e. The average molecular weight is 311 g/mol. The normalized spacial score (nSPS) is 12.2. The molecule has 92 valence electrons. The molecule has 1 nitrogen and oxygen atoms in total. The van der Waals surface area contributed by atoms with Gasteiger partial charge in [0, 0.05) is 5.56 Å². The van der Waals surface area contributed by atoms with Gasteiger partial charge in [-0.3, -0.25) is 4.79 Å². The summed E-state index contributed by atoms with van der Waals surface area (Å²) in [6.07, 6.45) is 0. The number of ketones is 1. The number of hydrogen-bond donors (Lipinski definition) is 0. The Bertz CT molecular complexity index is 549. The summed E-state index contributed by atoms with van der Waals surface area (Å²) in [4.78, 5) is 11.5. The van der Waals surface area contributed by atoms with Crippen molar-refractivity contribution in [1.29, 1.82) is 0 Å². The second-order valence-electron chi connectivity index (χ2n) is 3.79. The second-order valence-corrected chi connectivity index (χ2v) is 4.70. The van der Waals surface area contributed by atoms with Gasteiger partial charge in [0.25, 0.3) is 0 Å². The van der Waals surface area contributed by atoms with Crippen molar-refractivity contribution in [2.45, 2.75) is 4.83 Å². The third-order valence-corrected chi connectivity index (χ3v) is 3.47. The molecule has 0 aliphatic rings. The molecule has 18 heavy (non-hydrogen) atoms. The maximum Gasteiger partial charge on any atom is 0.180 e. The van der Waals surface area contributed by atoms with E-state index in [0.717, 1.165) is 0 Å². The van der Waals surface area contributed by atoms with Crippen molar-refractivity contribution >= 4 is 21.7 Å². The zero-order chi connectivity index (χ0) is 13.1. The number of carbonyl (C=O) groups is 1. The first kappa shape index (κ1) is 12.9. The van der Waals surface area contributed by atoms with E-state index < -0.39 is 4.83 Å². The van der Waals surface area contributed by atoms with Gasteiger partial charge < -0.3 is 0 Å². The molecule has 0 aliphatic heterocycles. The molecule has 2 aromatic rings. The predicted molar refractivity (Wildman–Crippen MR) is 68.8 cm³/mol. The molecule has 0 saturated carbocycles. The summed E-state index contributed by atoms with van der Waals surface area (Å²) < 4.78 is 25.5. The number of benzene rings is 2. The van der Waals surface area contributed by atoms with Crippen LogP contribution in [-0.4, -0.2) is 5.78 Å². The summed E-state index contributed by atoms with van der Waals surface area (Å²) in [5.41, 5.74) is 1.06. The average Bonchev–Trinajstić information content (AvgIpc) is 2.39. The molecule has 0 bridgehead atoms. The first-order valence-electron chi connectivity index (χ1n) is 5.27. The van der Waals surface area contributed by atoms with E-state index in [2.05, 4.69) is 15.9 Å². The molecule has 1 unspecified atom stereocenters. The van der Waals surface area contributed by atoms with Crippen molar-refractivity contribution in [1.82, 2.24) is 0 Å². The van der Waals surface area contributed by atoms with Crippen LogP contribution in [0.1, 0.15) is 20.7 Å². The summed E-state index contributed by atoms with van der Waals surface area (Å²) in [5, 5.41) is 0. The Kier molecular flexibility index (Phi) is 3.87. The topological polar surface area (TPSA) is 17.1 Å². The number of Topliss-reactive ketones (excluding diaryl/α,β-unsaturated/α-hetero) is 1. The zero-order valence-corrected chi connectivity index (χ0v) is 10.8. The van der Waals surface area contributed by atoms with E-state index in [9.17, 15) is 13.6 Å². The predicted octanol–water partition coefficient (Wildman–Crippen LogP) is 4.28. The van der Waals surface area contributed by atoms with Gasteiger partial charge in [-0.2, -0.15) is 0 Å². The Morgan fingerprint density at radius 2 is 1.33 bits per heavy atom. The van der Waals surface area contributed by atoms with Crippen LogP contribution in [-0.2, 0) is 0 Å². The zero-order valence-electron chi connectivity index (χ0n) is 9.24. The molecule has 0 aliphatic carbocycles. The number of carbonyl (C=O) groups excluding carboxylic acids is 1. The third-order valence-electron chi connectivity index (χ3n) is 2.52. The van der Waals surface area contributed by atoms with Gasteiger partial charge in [0.1, 0.15) is 16.5 Å². The van der Waals surface area contributed by atoms with Crippen molar-refractivity contribution in [3.8, 4) is 0 Å². The van der Waals surface area contributed by atoms with Crippen LogP contribution in [0.5, 0.6) is 0 Å². The van der Waals surface area contributed by atoms with Gasteiger partial charge in [-0.25, -0.2) is 8.78 Å². The summed E-state index contributed by atoms with van der Waals surface area (Å²) >= 11 is 3.27. The summed E-state index contributed by atoms with van der Waals surface area (Å²) in [7, 11) is 0. The molecule has 0 radical (unpaired) electrons. The van der Waals surface area contributed by atoms with E-state index in [1.165, 1.54) is 48.5 Å². The molecule has 0 spiro atoms. The van der Waals surface area contributed by atoms with Gasteiger partial charge >= 0.3 is 0 Å². The highest BCUT2D eigenvalue weighted by Gasteiger charge is 2.18. The molecular formula is C14H9BrF2O. The van der Waals surface area contributed by atoms with E-state index in [1.807, 2.05) is 0 Å². The highest BCUT2D eigenvalue weighted by Crippen LogP contribution is 2.27. The Morgan fingerprint density at radius 1 is 0.889 bits per heavy atom. The first-order chi connectivity index (χ1) is 8.58. The van der Waals surface area contributed by atoms with Crippen LogP contribution in [0, 0.1) is 11.6 Å². The highest BCUT2D eigenvalue weighted by atomic mass is 79.9. The van der Waals surface area contributed by atoms with E-state index in [4.69, 9.17) is 0 Å². The quantitative estimate of drug-likeness (QED) is 0.611. The van der Waals surface area contributed by atoms with Gasteiger partial charge in [0.15, 0.2) is 5.78 Å². The maximum atomic E-state index is 12.8. The van der Waals surface area contributed by atoms with Crippen molar-refractivity contribution in [3.05, 3.63) is 71.3 Å². The lowest BCUT2D eigenvalue weighted by molar-refractivity contribution is 0.0991. The molecule has 0 saturated heterocycles. The molecule has 0 N–H and O–H groups in total. The number of hydrogen-bond acceptors (Lipinski definition) is 1. The second kappa shape index (κ2) is 5.40. The van der Waals surface area contributed by atoms with Crippen LogP contribution in [0.2, 0.25) is 0 Å². The van der Waals surface area contributed by atoms with Crippen LogP contribution >= 0.6 is 15.9 Å². The minimum atomic E-state index is -0.566. The Hall–Kier alpha value is -1.55. The number of alkyl halides is 1. The smallest absolute Gasteiger partial charge is 0.180 e. The lowest BCUT2D eigenvalue weighted by Crippen LogP contribution is -2.07. The van der Waals surface area contributed by atoms with Crippen LogP contribution in [0.3, 0.4) is 0 Å². The molecule has 4 heteroatoms. The van der Waals surface area contributed by atoms with Gasteiger partial charge in [-0.1, -0.05) is 28.1 Å². The van der Waals surface area contributed by atoms with E-state index in [-0.39, 0.29) is 17.4 Å². The van der Waals surface area contributed by atoms with Crippen LogP contribution in [0.4, 0.5) is 8.78 Å². The number of halogens is 3. The van der Waals surface area contributed by atoms with Crippen molar-refractivity contribution in [2.75, 3.05) is 0 Å². The molecule has 2 rings (SSSR count). The monoisotopic (exact) mass is 310 g/mol. The SMILES string of the molecule is O=C(c1ccc(F)cc1)C(Br)c1ccc(F)cc1. The van der Waals surface area contributed by atoms with Crippen LogP contribution < -0.4 is 0 Å². The van der Waals surface area contributed by atoms with Crippen molar-refractivity contribution in [2.24, 2.45) is 0 Å². The van der Waals surface area contributed by atoms with Gasteiger partial charge in [0.05, 0.1) is 0 Å². The minimum absolute atomic E-state index is 0.193. The summed E-state index contributed by atoms with van der Waals surface area (Å²) in [5.74, 6) is -0.936. The Labute approximate surface area is 112 Å². The van der Waals surface area contributed by atoms with Crippen molar-refractivity contribution in [3.63, 3.8) is 0 Å². The summed E-state index contributed by atoms with van der Waals surface area (Å²) in [6, 6.07) is 11.0. The Morgan fingerprint density at radius 3 is 1.83 bits per heavy atom. The fourth-order valence-corrected chi connectivity index (χ4v) is 2.11. The van der Waals surface area contributed by atoms with E-state index >= 15 is 0 Å². The lowest BCUT2D eigenvalue weighted by atomic mass is 10.0. The first-order valence-corrected chi connectivity index (χ1v) is 6.19. The van der Waals surface area contributed by atoms with Gasteiger partial charge in [-0.15, -0.1) is 0 Å². The fourth-order valence-electron chi connectivity index (χ4n) is 1.54.